The van der Waals surface area contributed by atoms with Crippen molar-refractivity contribution in [3.8, 4) is 11.3 Å². The van der Waals surface area contributed by atoms with E-state index in [1.165, 1.54) is 5.56 Å². The Labute approximate surface area is 210 Å². The molecule has 2 atom stereocenters. The number of benzene rings is 2. The van der Waals surface area contributed by atoms with Gasteiger partial charge in [0.25, 0.3) is 0 Å². The van der Waals surface area contributed by atoms with Crippen molar-refractivity contribution in [3.05, 3.63) is 107 Å². The predicted molar refractivity (Wildman–Crippen MR) is 142 cm³/mol. The number of thiocarbonyl (C=S) groups is 1. The van der Waals surface area contributed by atoms with Gasteiger partial charge in [-0.05, 0) is 78.7 Å². The molecule has 0 bridgehead atoms. The molecule has 172 valence electrons. The van der Waals surface area contributed by atoms with Crippen molar-refractivity contribution >= 4 is 34.6 Å². The number of nitrogens with zero attached hydrogens (tertiary/aromatic N) is 2. The summed E-state index contributed by atoms with van der Waals surface area (Å²) in [4.78, 5) is 6.75. The lowest BCUT2D eigenvalue weighted by atomic mass is 10.0. The summed E-state index contributed by atoms with van der Waals surface area (Å²) in [6.07, 6.45) is 1.81. The molecule has 2 aromatic heterocycles. The molecule has 1 saturated heterocycles. The van der Waals surface area contributed by atoms with Gasteiger partial charge in [0.15, 0.2) is 5.11 Å². The zero-order valence-corrected chi connectivity index (χ0v) is 20.9. The summed E-state index contributed by atoms with van der Waals surface area (Å²) in [5.41, 5.74) is 5.19. The largest absolute Gasteiger partial charge is 0.459 e. The summed E-state index contributed by atoms with van der Waals surface area (Å²) >= 11 is 12.2. The fourth-order valence-corrected chi connectivity index (χ4v) is 4.99. The van der Waals surface area contributed by atoms with Gasteiger partial charge in [0.05, 0.1) is 11.7 Å². The molecule has 1 fully saturated rings. The molecule has 0 saturated carbocycles. The van der Waals surface area contributed by atoms with Crippen molar-refractivity contribution in [2.45, 2.75) is 38.8 Å². The Kier molecular flexibility index (Phi) is 6.15. The van der Waals surface area contributed by atoms with E-state index in [0.29, 0.717) is 11.0 Å². The van der Waals surface area contributed by atoms with Gasteiger partial charge in [-0.15, -0.1) is 0 Å². The van der Waals surface area contributed by atoms with Gasteiger partial charge in [0.1, 0.15) is 17.6 Å². The molecule has 2 aromatic carbocycles. The Morgan fingerprint density at radius 3 is 2.50 bits per heavy atom. The van der Waals surface area contributed by atoms with Crippen molar-refractivity contribution in [1.29, 1.82) is 0 Å². The lowest BCUT2D eigenvalue weighted by Crippen LogP contribution is -2.29. The van der Waals surface area contributed by atoms with Crippen molar-refractivity contribution in [3.63, 3.8) is 0 Å². The van der Waals surface area contributed by atoms with E-state index in [1.54, 1.807) is 6.20 Å². The monoisotopic (exact) mass is 487 g/mol. The Morgan fingerprint density at radius 1 is 1.00 bits per heavy atom. The van der Waals surface area contributed by atoms with Crippen LogP contribution in [0.4, 0.5) is 5.69 Å². The fraction of sp³-hybridized carbons (Fsp3) is 0.214. The summed E-state index contributed by atoms with van der Waals surface area (Å²) in [6, 6.07) is 24.1. The van der Waals surface area contributed by atoms with Crippen LogP contribution in [0.5, 0.6) is 0 Å². The van der Waals surface area contributed by atoms with Gasteiger partial charge < -0.3 is 14.6 Å². The minimum Gasteiger partial charge on any atom is -0.459 e. The number of pyridine rings is 1. The number of anilines is 1. The van der Waals surface area contributed by atoms with Crippen LogP contribution in [0.1, 0.15) is 54.4 Å². The van der Waals surface area contributed by atoms with Crippen LogP contribution in [0.2, 0.25) is 5.02 Å². The Hall–Kier alpha value is -3.15. The van der Waals surface area contributed by atoms with E-state index < -0.39 is 0 Å². The number of hydrogen-bond acceptors (Lipinski definition) is 3. The van der Waals surface area contributed by atoms with Crippen molar-refractivity contribution in [2.75, 3.05) is 4.90 Å². The second kappa shape index (κ2) is 9.24. The normalized spacial score (nSPS) is 17.9. The maximum atomic E-state index is 6.48. The van der Waals surface area contributed by atoms with E-state index in [-0.39, 0.29) is 12.1 Å². The van der Waals surface area contributed by atoms with E-state index in [4.69, 9.17) is 28.2 Å². The highest BCUT2D eigenvalue weighted by Gasteiger charge is 2.42. The molecular weight excluding hydrogens is 462 g/mol. The van der Waals surface area contributed by atoms with Gasteiger partial charge in [-0.1, -0.05) is 55.8 Å². The minimum atomic E-state index is -0.194. The Bertz CT molecular complexity index is 1320. The molecule has 0 unspecified atom stereocenters. The molecule has 6 heteroatoms. The molecule has 4 aromatic rings. The smallest absolute Gasteiger partial charge is 0.174 e. The highest BCUT2D eigenvalue weighted by Crippen LogP contribution is 2.43. The second-order valence-corrected chi connectivity index (χ2v) is 9.65. The third-order valence-electron chi connectivity index (χ3n) is 6.39. The second-order valence-electron chi connectivity index (χ2n) is 8.86. The minimum absolute atomic E-state index is 0.155. The van der Waals surface area contributed by atoms with Crippen LogP contribution in [0.15, 0.2) is 83.4 Å². The molecular formula is C28H26ClN3OS. The van der Waals surface area contributed by atoms with E-state index in [1.807, 2.05) is 55.5 Å². The van der Waals surface area contributed by atoms with Gasteiger partial charge >= 0.3 is 0 Å². The summed E-state index contributed by atoms with van der Waals surface area (Å²) < 4.78 is 6.48. The zero-order chi connectivity index (χ0) is 23.8. The number of hydrogen-bond donors (Lipinski definition) is 1. The molecule has 0 amide bonds. The van der Waals surface area contributed by atoms with E-state index >= 15 is 0 Å². The molecule has 1 aliphatic heterocycles. The molecule has 1 aliphatic rings. The third kappa shape index (κ3) is 4.10. The average molecular weight is 488 g/mol. The number of rotatable bonds is 5. The van der Waals surface area contributed by atoms with Gasteiger partial charge in [0.2, 0.25) is 0 Å². The molecule has 0 aliphatic carbocycles. The van der Waals surface area contributed by atoms with Crippen molar-refractivity contribution < 1.29 is 4.42 Å². The predicted octanol–water partition coefficient (Wildman–Crippen LogP) is 7.60. The van der Waals surface area contributed by atoms with E-state index in [0.717, 1.165) is 39.1 Å². The first kappa shape index (κ1) is 22.6. The first-order valence-corrected chi connectivity index (χ1v) is 12.2. The van der Waals surface area contributed by atoms with E-state index in [9.17, 15) is 0 Å². The zero-order valence-electron chi connectivity index (χ0n) is 19.3. The number of halogens is 1. The lowest BCUT2D eigenvalue weighted by molar-refractivity contribution is 0.439. The van der Waals surface area contributed by atoms with Crippen LogP contribution in [0.3, 0.4) is 0 Å². The standard InChI is InChI=1S/C28H26ClN3OS/c1-17(2)19-10-12-20(13-11-19)32-27(26(31-28(32)34)23-9-4-5-16-30-23)25-15-14-24(33-25)21-7-6-8-22(29)18(21)3/h4-17,26-27H,1-3H3,(H,31,34)/t26-,27-/m0/s1. The fourth-order valence-electron chi connectivity index (χ4n) is 4.47. The summed E-state index contributed by atoms with van der Waals surface area (Å²) in [5.74, 6) is 2.05. The maximum absolute atomic E-state index is 6.48. The first-order chi connectivity index (χ1) is 16.4. The number of nitrogens with one attached hydrogen (secondary N) is 1. The van der Waals surface area contributed by atoms with Crippen LogP contribution in [0.25, 0.3) is 11.3 Å². The van der Waals surface area contributed by atoms with Crippen LogP contribution in [0, 0.1) is 6.92 Å². The highest BCUT2D eigenvalue weighted by molar-refractivity contribution is 7.80. The quantitative estimate of drug-likeness (QED) is 0.293. The summed E-state index contributed by atoms with van der Waals surface area (Å²) in [7, 11) is 0. The summed E-state index contributed by atoms with van der Waals surface area (Å²) in [5, 5.41) is 4.86. The topological polar surface area (TPSA) is 41.3 Å². The Balaban J connectivity index is 1.59. The first-order valence-electron chi connectivity index (χ1n) is 11.4. The molecule has 5 rings (SSSR count). The maximum Gasteiger partial charge on any atom is 0.174 e. The SMILES string of the molecule is Cc1c(Cl)cccc1-c1ccc([C@H]2[C@H](c3ccccn3)NC(=S)N2c2ccc(C(C)C)cc2)o1. The van der Waals surface area contributed by atoms with Gasteiger partial charge in [-0.2, -0.15) is 0 Å². The molecule has 4 nitrogen and oxygen atoms in total. The van der Waals surface area contributed by atoms with Crippen LogP contribution < -0.4 is 10.2 Å². The molecule has 1 N–H and O–H groups in total. The molecule has 0 spiro atoms. The summed E-state index contributed by atoms with van der Waals surface area (Å²) in [6.45, 7) is 6.39. The van der Waals surface area contributed by atoms with Gasteiger partial charge in [-0.25, -0.2) is 0 Å². The number of furan rings is 1. The van der Waals surface area contributed by atoms with Gasteiger partial charge in [-0.3, -0.25) is 4.98 Å². The lowest BCUT2D eigenvalue weighted by Gasteiger charge is -2.26. The van der Waals surface area contributed by atoms with Crippen molar-refractivity contribution in [1.82, 2.24) is 10.3 Å². The van der Waals surface area contributed by atoms with Crippen LogP contribution in [-0.2, 0) is 0 Å². The van der Waals surface area contributed by atoms with E-state index in [2.05, 4.69) is 53.3 Å². The average Bonchev–Trinajstić information content (AvgIpc) is 3.46. The highest BCUT2D eigenvalue weighted by atomic mass is 35.5. The third-order valence-corrected chi connectivity index (χ3v) is 7.11. The van der Waals surface area contributed by atoms with Crippen LogP contribution >= 0.6 is 23.8 Å². The number of aromatic nitrogens is 1. The van der Waals surface area contributed by atoms with Crippen molar-refractivity contribution in [2.24, 2.45) is 0 Å². The molecule has 3 heterocycles. The molecule has 0 radical (unpaired) electrons. The van der Waals surface area contributed by atoms with Crippen LogP contribution in [-0.4, -0.2) is 10.1 Å². The molecule has 34 heavy (non-hydrogen) atoms. The Morgan fingerprint density at radius 2 is 1.79 bits per heavy atom. The van der Waals surface area contributed by atoms with Gasteiger partial charge in [0, 0.05) is 22.5 Å².